The van der Waals surface area contributed by atoms with Crippen LogP contribution in [0.2, 0.25) is 5.15 Å². The first-order chi connectivity index (χ1) is 6.16. The maximum absolute atomic E-state index is 11.5. The number of aromatic nitrogens is 2. The van der Waals surface area contributed by atoms with Gasteiger partial charge in [0.05, 0.1) is 6.33 Å². The van der Waals surface area contributed by atoms with Crippen LogP contribution in [0.3, 0.4) is 0 Å². The van der Waals surface area contributed by atoms with E-state index in [0.29, 0.717) is 8.72 Å². The molecule has 5 heteroatoms. The van der Waals surface area contributed by atoms with Gasteiger partial charge in [0.2, 0.25) is 0 Å². The molecule has 0 bridgehead atoms. The molecule has 0 saturated heterocycles. The molecule has 1 aromatic rings. The van der Waals surface area contributed by atoms with Crippen molar-refractivity contribution >= 4 is 34.2 Å². The summed E-state index contributed by atoms with van der Waals surface area (Å²) in [4.78, 5) is 15.4. The number of unbranched alkanes of at least 4 members (excludes halogenated alkanes) is 1. The quantitative estimate of drug-likeness (QED) is 0.634. The van der Waals surface area contributed by atoms with Gasteiger partial charge in [-0.15, -0.1) is 0 Å². The van der Waals surface area contributed by atoms with E-state index < -0.39 is 0 Å². The lowest BCUT2D eigenvalue weighted by Gasteiger charge is -2.04. The Balaban J connectivity index is 2.97. The van der Waals surface area contributed by atoms with Gasteiger partial charge in [0.15, 0.2) is 0 Å². The number of halogens is 2. The van der Waals surface area contributed by atoms with Gasteiger partial charge in [-0.2, -0.15) is 0 Å². The lowest BCUT2D eigenvalue weighted by molar-refractivity contribution is 0.600. The highest BCUT2D eigenvalue weighted by Crippen LogP contribution is 2.09. The van der Waals surface area contributed by atoms with Gasteiger partial charge in [-0.1, -0.05) is 24.9 Å². The summed E-state index contributed by atoms with van der Waals surface area (Å²) in [6, 6.07) is 0. The average molecular weight is 313 g/mol. The molecule has 0 aromatic carbocycles. The summed E-state index contributed by atoms with van der Waals surface area (Å²) < 4.78 is 2.09. The second-order valence-electron chi connectivity index (χ2n) is 2.70. The highest BCUT2D eigenvalue weighted by Gasteiger charge is 2.05. The van der Waals surface area contributed by atoms with E-state index in [4.69, 9.17) is 11.6 Å². The van der Waals surface area contributed by atoms with Crippen LogP contribution in [0.1, 0.15) is 19.8 Å². The fourth-order valence-electron chi connectivity index (χ4n) is 0.932. The first-order valence-electron chi connectivity index (χ1n) is 4.07. The van der Waals surface area contributed by atoms with Crippen molar-refractivity contribution in [1.29, 1.82) is 0 Å². The van der Waals surface area contributed by atoms with E-state index in [-0.39, 0.29) is 5.56 Å². The molecular formula is C8H10ClIN2O. The molecule has 1 aromatic heterocycles. The molecule has 1 heterocycles. The van der Waals surface area contributed by atoms with E-state index in [1.54, 1.807) is 4.57 Å². The summed E-state index contributed by atoms with van der Waals surface area (Å²) in [5.74, 6) is 0. The third kappa shape index (κ3) is 2.67. The molecule has 1 rings (SSSR count). The highest BCUT2D eigenvalue weighted by atomic mass is 127. The predicted octanol–water partition coefficient (Wildman–Crippen LogP) is 2.30. The largest absolute Gasteiger partial charge is 0.298 e. The smallest absolute Gasteiger partial charge is 0.268 e. The summed E-state index contributed by atoms with van der Waals surface area (Å²) in [5, 5.41) is 0.290. The molecular weight excluding hydrogens is 302 g/mol. The molecule has 0 spiro atoms. The van der Waals surface area contributed by atoms with Gasteiger partial charge in [-0.3, -0.25) is 9.36 Å². The minimum absolute atomic E-state index is 0.0472. The number of hydrogen-bond acceptors (Lipinski definition) is 2. The highest BCUT2D eigenvalue weighted by molar-refractivity contribution is 14.1. The Morgan fingerprint density at radius 2 is 2.38 bits per heavy atom. The zero-order chi connectivity index (χ0) is 9.84. The predicted molar refractivity (Wildman–Crippen MR) is 61.1 cm³/mol. The van der Waals surface area contributed by atoms with Crippen LogP contribution >= 0.6 is 34.2 Å². The van der Waals surface area contributed by atoms with Crippen LogP contribution in [0.25, 0.3) is 0 Å². The van der Waals surface area contributed by atoms with E-state index >= 15 is 0 Å². The van der Waals surface area contributed by atoms with Gasteiger partial charge in [-0.05, 0) is 29.0 Å². The Kier molecular flexibility index (Phi) is 4.18. The van der Waals surface area contributed by atoms with Crippen molar-refractivity contribution in [3.8, 4) is 0 Å². The minimum Gasteiger partial charge on any atom is -0.298 e. The number of aryl methyl sites for hydroxylation is 1. The van der Waals surface area contributed by atoms with Crippen LogP contribution in [0.15, 0.2) is 11.1 Å². The average Bonchev–Trinajstić information content (AvgIpc) is 2.13. The van der Waals surface area contributed by atoms with Crippen LogP contribution in [0, 0.1) is 3.57 Å². The van der Waals surface area contributed by atoms with Crippen molar-refractivity contribution in [2.24, 2.45) is 0 Å². The van der Waals surface area contributed by atoms with Crippen LogP contribution in [-0.4, -0.2) is 9.55 Å². The van der Waals surface area contributed by atoms with Gasteiger partial charge in [0.1, 0.15) is 8.72 Å². The Labute approximate surface area is 95.3 Å². The van der Waals surface area contributed by atoms with Crippen LogP contribution in [0.5, 0.6) is 0 Å². The molecule has 0 aliphatic rings. The lowest BCUT2D eigenvalue weighted by Crippen LogP contribution is -2.23. The molecule has 0 fully saturated rings. The van der Waals surface area contributed by atoms with E-state index in [1.807, 2.05) is 22.6 Å². The normalized spacial score (nSPS) is 10.4. The molecule has 0 aliphatic carbocycles. The summed E-state index contributed by atoms with van der Waals surface area (Å²) in [6.07, 6.45) is 3.55. The van der Waals surface area contributed by atoms with Gasteiger partial charge in [0, 0.05) is 6.54 Å². The zero-order valence-corrected chi connectivity index (χ0v) is 10.2. The Morgan fingerprint density at radius 3 is 3.00 bits per heavy atom. The molecule has 0 aliphatic heterocycles. The van der Waals surface area contributed by atoms with Gasteiger partial charge in [-0.25, -0.2) is 4.98 Å². The molecule has 72 valence electrons. The monoisotopic (exact) mass is 312 g/mol. The maximum Gasteiger partial charge on any atom is 0.268 e. The summed E-state index contributed by atoms with van der Waals surface area (Å²) in [6.45, 7) is 2.80. The van der Waals surface area contributed by atoms with Crippen LogP contribution < -0.4 is 5.56 Å². The number of hydrogen-bond donors (Lipinski definition) is 0. The van der Waals surface area contributed by atoms with Gasteiger partial charge < -0.3 is 0 Å². The Bertz CT molecular complexity index is 350. The Hall–Kier alpha value is -0.100. The maximum atomic E-state index is 11.5. The number of nitrogens with zero attached hydrogens (tertiary/aromatic N) is 2. The van der Waals surface area contributed by atoms with Crippen molar-refractivity contribution in [3.05, 3.63) is 25.4 Å². The summed E-state index contributed by atoms with van der Waals surface area (Å²) in [7, 11) is 0. The Morgan fingerprint density at radius 1 is 1.69 bits per heavy atom. The zero-order valence-electron chi connectivity index (χ0n) is 7.26. The van der Waals surface area contributed by atoms with Crippen molar-refractivity contribution in [2.45, 2.75) is 26.3 Å². The molecule has 0 atom stereocenters. The second kappa shape index (κ2) is 4.95. The first kappa shape index (κ1) is 11.0. The molecule has 13 heavy (non-hydrogen) atoms. The van der Waals surface area contributed by atoms with Crippen LogP contribution in [0.4, 0.5) is 0 Å². The third-order valence-electron chi connectivity index (χ3n) is 1.69. The second-order valence-corrected chi connectivity index (χ2v) is 4.14. The SMILES string of the molecule is CCCCn1cnc(Cl)c(I)c1=O. The summed E-state index contributed by atoms with van der Waals surface area (Å²) >= 11 is 7.61. The fourth-order valence-corrected chi connectivity index (χ4v) is 1.51. The minimum atomic E-state index is -0.0472. The van der Waals surface area contributed by atoms with E-state index in [0.717, 1.165) is 19.4 Å². The molecule has 0 radical (unpaired) electrons. The first-order valence-corrected chi connectivity index (χ1v) is 5.53. The summed E-state index contributed by atoms with van der Waals surface area (Å²) in [5.41, 5.74) is -0.0472. The van der Waals surface area contributed by atoms with Crippen molar-refractivity contribution < 1.29 is 0 Å². The number of rotatable bonds is 3. The molecule has 0 N–H and O–H groups in total. The van der Waals surface area contributed by atoms with Gasteiger partial charge >= 0.3 is 0 Å². The third-order valence-corrected chi connectivity index (χ3v) is 3.27. The lowest BCUT2D eigenvalue weighted by atomic mass is 10.3. The topological polar surface area (TPSA) is 34.9 Å². The van der Waals surface area contributed by atoms with E-state index in [2.05, 4.69) is 11.9 Å². The van der Waals surface area contributed by atoms with Gasteiger partial charge in [0.25, 0.3) is 5.56 Å². The fraction of sp³-hybridized carbons (Fsp3) is 0.500. The molecule has 0 unspecified atom stereocenters. The molecule has 0 amide bonds. The molecule has 0 saturated carbocycles. The molecule has 3 nitrogen and oxygen atoms in total. The van der Waals surface area contributed by atoms with Crippen molar-refractivity contribution in [1.82, 2.24) is 9.55 Å². The standard InChI is InChI=1S/C8H10ClIN2O/c1-2-3-4-12-5-11-7(9)6(10)8(12)13/h5H,2-4H2,1H3. The van der Waals surface area contributed by atoms with E-state index in [9.17, 15) is 4.79 Å². The van der Waals surface area contributed by atoms with Crippen LogP contribution in [-0.2, 0) is 6.54 Å². The van der Waals surface area contributed by atoms with E-state index in [1.165, 1.54) is 6.33 Å². The van der Waals surface area contributed by atoms with Crippen molar-refractivity contribution in [3.63, 3.8) is 0 Å². The van der Waals surface area contributed by atoms with Crippen molar-refractivity contribution in [2.75, 3.05) is 0 Å².